The number of amides is 1. The largest absolute Gasteiger partial charge is 0.494 e. The number of methoxy groups -OCH3 is 1. The highest BCUT2D eigenvalue weighted by Gasteiger charge is 2.25. The second-order valence-corrected chi connectivity index (χ2v) is 5.65. The standard InChI is InChI=1S/C17H21N3O4/c1-11(2)19(10-16(21)22)17(23)13-9-18-20(12(13)3)14-7-5-6-8-15(14)24-4/h5-9,11H,10H2,1-4H3,(H,21,22). The summed E-state index contributed by atoms with van der Waals surface area (Å²) in [5.41, 5.74) is 1.71. The molecule has 0 fully saturated rings. The van der Waals surface area contributed by atoms with Crippen LogP contribution in [0.15, 0.2) is 30.5 Å². The zero-order valence-electron chi connectivity index (χ0n) is 14.2. The topological polar surface area (TPSA) is 84.7 Å². The van der Waals surface area contributed by atoms with Gasteiger partial charge in [-0.25, -0.2) is 4.68 Å². The first kappa shape index (κ1) is 17.5. The second-order valence-electron chi connectivity index (χ2n) is 5.65. The molecule has 7 nitrogen and oxygen atoms in total. The van der Waals surface area contributed by atoms with Gasteiger partial charge in [0.15, 0.2) is 0 Å². The lowest BCUT2D eigenvalue weighted by molar-refractivity contribution is -0.138. The molecule has 0 bridgehead atoms. The summed E-state index contributed by atoms with van der Waals surface area (Å²) < 4.78 is 6.95. The number of hydrogen-bond donors (Lipinski definition) is 1. The van der Waals surface area contributed by atoms with Crippen molar-refractivity contribution >= 4 is 11.9 Å². The smallest absolute Gasteiger partial charge is 0.323 e. The van der Waals surface area contributed by atoms with E-state index in [9.17, 15) is 9.59 Å². The van der Waals surface area contributed by atoms with E-state index in [2.05, 4.69) is 5.10 Å². The molecule has 0 saturated carbocycles. The summed E-state index contributed by atoms with van der Waals surface area (Å²) in [4.78, 5) is 25.0. The summed E-state index contributed by atoms with van der Waals surface area (Å²) in [7, 11) is 1.57. The SMILES string of the molecule is COc1ccccc1-n1ncc(C(=O)N(CC(=O)O)C(C)C)c1C. The van der Waals surface area contributed by atoms with Crippen molar-refractivity contribution in [2.75, 3.05) is 13.7 Å². The average molecular weight is 331 g/mol. The van der Waals surface area contributed by atoms with E-state index in [4.69, 9.17) is 9.84 Å². The number of carbonyl (C=O) groups is 2. The normalized spacial score (nSPS) is 10.7. The van der Waals surface area contributed by atoms with E-state index in [1.54, 1.807) is 32.6 Å². The molecule has 0 atom stereocenters. The number of para-hydroxylation sites is 2. The Kier molecular flexibility index (Phi) is 5.23. The zero-order chi connectivity index (χ0) is 17.9. The molecule has 0 aliphatic rings. The summed E-state index contributed by atoms with van der Waals surface area (Å²) in [5.74, 6) is -0.771. The summed E-state index contributed by atoms with van der Waals surface area (Å²) in [6, 6.07) is 7.11. The molecule has 128 valence electrons. The highest BCUT2D eigenvalue weighted by atomic mass is 16.5. The third kappa shape index (κ3) is 3.40. The third-order valence-corrected chi connectivity index (χ3v) is 3.74. The number of ether oxygens (including phenoxy) is 1. The van der Waals surface area contributed by atoms with Crippen LogP contribution in [0.1, 0.15) is 29.9 Å². The molecule has 24 heavy (non-hydrogen) atoms. The summed E-state index contributed by atoms with van der Waals surface area (Å²) in [5, 5.41) is 13.3. The molecular weight excluding hydrogens is 310 g/mol. The van der Waals surface area contributed by atoms with Gasteiger partial charge in [0.05, 0.1) is 24.6 Å². The monoisotopic (exact) mass is 331 g/mol. The minimum atomic E-state index is -1.05. The second kappa shape index (κ2) is 7.16. The minimum Gasteiger partial charge on any atom is -0.494 e. The summed E-state index contributed by atoms with van der Waals surface area (Å²) in [6.45, 7) is 4.98. The maximum absolute atomic E-state index is 12.7. The van der Waals surface area contributed by atoms with Crippen molar-refractivity contribution in [1.82, 2.24) is 14.7 Å². The third-order valence-electron chi connectivity index (χ3n) is 3.74. The van der Waals surface area contributed by atoms with E-state index in [1.807, 2.05) is 24.3 Å². The van der Waals surface area contributed by atoms with Gasteiger partial charge in [0.25, 0.3) is 5.91 Å². The van der Waals surface area contributed by atoms with Crippen LogP contribution >= 0.6 is 0 Å². The number of hydrogen-bond acceptors (Lipinski definition) is 4. The Hall–Kier alpha value is -2.83. The lowest BCUT2D eigenvalue weighted by Crippen LogP contribution is -2.40. The van der Waals surface area contributed by atoms with Crippen LogP contribution in [0.3, 0.4) is 0 Å². The molecule has 0 radical (unpaired) electrons. The summed E-state index contributed by atoms with van der Waals surface area (Å²) in [6.07, 6.45) is 1.46. The number of carbonyl (C=O) groups excluding carboxylic acids is 1. The van der Waals surface area contributed by atoms with E-state index in [-0.39, 0.29) is 18.5 Å². The Morgan fingerprint density at radius 3 is 2.58 bits per heavy atom. The highest BCUT2D eigenvalue weighted by Crippen LogP contribution is 2.24. The van der Waals surface area contributed by atoms with Crippen molar-refractivity contribution in [3.05, 3.63) is 41.7 Å². The van der Waals surface area contributed by atoms with Crippen molar-refractivity contribution in [3.8, 4) is 11.4 Å². The van der Waals surface area contributed by atoms with Gasteiger partial charge < -0.3 is 14.7 Å². The molecule has 0 unspecified atom stereocenters. The first-order chi connectivity index (χ1) is 11.4. The van der Waals surface area contributed by atoms with Crippen LogP contribution in [0.2, 0.25) is 0 Å². The predicted molar refractivity (Wildman–Crippen MR) is 88.7 cm³/mol. The number of aromatic nitrogens is 2. The van der Waals surface area contributed by atoms with Gasteiger partial charge in [-0.1, -0.05) is 12.1 Å². The Morgan fingerprint density at radius 2 is 2.00 bits per heavy atom. The van der Waals surface area contributed by atoms with Crippen LogP contribution in [0.4, 0.5) is 0 Å². The Balaban J connectivity index is 2.42. The van der Waals surface area contributed by atoms with Gasteiger partial charge in [-0.15, -0.1) is 0 Å². The predicted octanol–water partition coefficient (Wildman–Crippen LogP) is 2.12. The summed E-state index contributed by atoms with van der Waals surface area (Å²) >= 11 is 0. The average Bonchev–Trinajstić information content (AvgIpc) is 2.93. The van der Waals surface area contributed by atoms with Crippen molar-refractivity contribution < 1.29 is 19.4 Å². The molecule has 0 aliphatic heterocycles. The fraction of sp³-hybridized carbons (Fsp3) is 0.353. The maximum Gasteiger partial charge on any atom is 0.323 e. The van der Waals surface area contributed by atoms with Crippen LogP contribution in [0.25, 0.3) is 5.69 Å². The Labute approximate surface area is 140 Å². The first-order valence-electron chi connectivity index (χ1n) is 7.57. The van der Waals surface area contributed by atoms with Crippen LogP contribution in [-0.2, 0) is 4.79 Å². The molecule has 2 aromatic rings. The highest BCUT2D eigenvalue weighted by molar-refractivity contribution is 5.97. The van der Waals surface area contributed by atoms with Gasteiger partial charge >= 0.3 is 5.97 Å². The molecule has 1 aromatic carbocycles. The Bertz CT molecular complexity index is 752. The van der Waals surface area contributed by atoms with Crippen molar-refractivity contribution in [2.24, 2.45) is 0 Å². The molecule has 1 aromatic heterocycles. The van der Waals surface area contributed by atoms with Crippen molar-refractivity contribution in [1.29, 1.82) is 0 Å². The molecule has 0 saturated heterocycles. The molecule has 0 spiro atoms. The van der Waals surface area contributed by atoms with E-state index in [0.717, 1.165) is 0 Å². The van der Waals surface area contributed by atoms with Gasteiger partial charge in [-0.2, -0.15) is 5.10 Å². The lowest BCUT2D eigenvalue weighted by atomic mass is 10.2. The molecule has 1 heterocycles. The van der Waals surface area contributed by atoms with Crippen LogP contribution < -0.4 is 4.74 Å². The van der Waals surface area contributed by atoms with Gasteiger partial charge in [0, 0.05) is 6.04 Å². The number of carboxylic acid groups (broad SMARTS) is 1. The molecule has 2 rings (SSSR count). The van der Waals surface area contributed by atoms with E-state index >= 15 is 0 Å². The fourth-order valence-electron chi connectivity index (χ4n) is 2.46. The number of nitrogens with zero attached hydrogens (tertiary/aromatic N) is 3. The van der Waals surface area contributed by atoms with E-state index in [0.29, 0.717) is 22.7 Å². The number of carboxylic acids is 1. The number of benzene rings is 1. The van der Waals surface area contributed by atoms with E-state index in [1.165, 1.54) is 11.1 Å². The van der Waals surface area contributed by atoms with Crippen LogP contribution in [0.5, 0.6) is 5.75 Å². The van der Waals surface area contributed by atoms with Gasteiger partial charge in [-0.05, 0) is 32.9 Å². The quantitative estimate of drug-likeness (QED) is 0.876. The maximum atomic E-state index is 12.7. The number of rotatable bonds is 6. The van der Waals surface area contributed by atoms with Crippen LogP contribution in [0, 0.1) is 6.92 Å². The number of aliphatic carboxylic acids is 1. The van der Waals surface area contributed by atoms with Gasteiger partial charge in [-0.3, -0.25) is 9.59 Å². The Morgan fingerprint density at radius 1 is 1.33 bits per heavy atom. The first-order valence-corrected chi connectivity index (χ1v) is 7.57. The molecule has 1 amide bonds. The van der Waals surface area contributed by atoms with E-state index < -0.39 is 5.97 Å². The minimum absolute atomic E-state index is 0.234. The van der Waals surface area contributed by atoms with Gasteiger partial charge in [0.2, 0.25) is 0 Å². The lowest BCUT2D eigenvalue weighted by Gasteiger charge is -2.24. The van der Waals surface area contributed by atoms with Crippen molar-refractivity contribution in [3.63, 3.8) is 0 Å². The van der Waals surface area contributed by atoms with Crippen molar-refractivity contribution in [2.45, 2.75) is 26.8 Å². The van der Waals surface area contributed by atoms with Crippen LogP contribution in [-0.4, -0.2) is 51.4 Å². The molecule has 1 N–H and O–H groups in total. The molecule has 0 aliphatic carbocycles. The zero-order valence-corrected chi connectivity index (χ0v) is 14.2. The fourth-order valence-corrected chi connectivity index (χ4v) is 2.46. The molecular formula is C17H21N3O4. The van der Waals surface area contributed by atoms with Gasteiger partial charge in [0.1, 0.15) is 18.0 Å². The molecule has 7 heteroatoms.